The molecule has 4 heteroatoms. The second-order valence-corrected chi connectivity index (χ2v) is 11.2. The topological polar surface area (TPSA) is 30.9 Å². The van der Waals surface area contributed by atoms with Gasteiger partial charge in [-0.15, -0.1) is 0 Å². The first-order chi connectivity index (χ1) is 16.2. The lowest BCUT2D eigenvalue weighted by Gasteiger charge is -2.55. The number of benzene rings is 2. The Hall–Kier alpha value is -1.88. The highest BCUT2D eigenvalue weighted by molar-refractivity contribution is 5.50. The fourth-order valence-corrected chi connectivity index (χ4v) is 7.78. The van der Waals surface area contributed by atoms with Gasteiger partial charge in [0.25, 0.3) is 0 Å². The number of likely N-dealkylation sites (tertiary alicyclic amines) is 1. The van der Waals surface area contributed by atoms with Crippen molar-refractivity contribution in [2.75, 3.05) is 20.2 Å². The molecule has 3 aliphatic heterocycles. The normalized spacial score (nSPS) is 36.8. The monoisotopic (exact) mass is 445 g/mol. The minimum absolute atomic E-state index is 0.0926. The maximum absolute atomic E-state index is 7.16. The molecule has 1 saturated carbocycles. The average molecular weight is 446 g/mol. The number of ether oxygens (including phenoxy) is 3. The van der Waals surface area contributed by atoms with Crippen molar-refractivity contribution < 1.29 is 14.2 Å². The lowest BCUT2D eigenvalue weighted by atomic mass is 9.53. The van der Waals surface area contributed by atoms with E-state index in [4.69, 9.17) is 14.2 Å². The Morgan fingerprint density at radius 3 is 2.79 bits per heavy atom. The fraction of sp³-hybridized carbons (Fsp3) is 0.586. The van der Waals surface area contributed by atoms with E-state index in [1.54, 1.807) is 7.11 Å². The quantitative estimate of drug-likeness (QED) is 0.634. The summed E-state index contributed by atoms with van der Waals surface area (Å²) >= 11 is 0. The molecule has 2 aliphatic carbocycles. The van der Waals surface area contributed by atoms with Gasteiger partial charge in [-0.2, -0.15) is 0 Å². The molecular formula is C29H35NO3. The van der Waals surface area contributed by atoms with Gasteiger partial charge in [0, 0.05) is 24.4 Å². The van der Waals surface area contributed by atoms with Crippen LogP contribution in [0.2, 0.25) is 0 Å². The van der Waals surface area contributed by atoms with E-state index in [0.29, 0.717) is 12.6 Å². The molecule has 3 heterocycles. The van der Waals surface area contributed by atoms with Crippen molar-refractivity contribution in [1.29, 1.82) is 0 Å². The second-order valence-electron chi connectivity index (χ2n) is 11.2. The van der Waals surface area contributed by atoms with Crippen LogP contribution in [0.5, 0.6) is 5.75 Å². The molecule has 2 aromatic rings. The fourth-order valence-electron chi connectivity index (χ4n) is 7.78. The molecule has 174 valence electrons. The Morgan fingerprint density at radius 1 is 1.09 bits per heavy atom. The average Bonchev–Trinajstić information content (AvgIpc) is 3.52. The zero-order valence-corrected chi connectivity index (χ0v) is 19.7. The highest BCUT2D eigenvalue weighted by atomic mass is 16.6. The van der Waals surface area contributed by atoms with Crippen molar-refractivity contribution in [2.24, 2.45) is 5.92 Å². The molecule has 0 aromatic heterocycles. The summed E-state index contributed by atoms with van der Waals surface area (Å²) in [6.45, 7) is 3.13. The molecule has 4 nitrogen and oxygen atoms in total. The number of hydrogen-bond donors (Lipinski definition) is 0. The van der Waals surface area contributed by atoms with Crippen LogP contribution in [0.15, 0.2) is 48.5 Å². The highest BCUT2D eigenvalue weighted by Gasteiger charge is 2.72. The van der Waals surface area contributed by atoms with E-state index in [-0.39, 0.29) is 23.2 Å². The van der Waals surface area contributed by atoms with E-state index in [2.05, 4.69) is 53.4 Å². The van der Waals surface area contributed by atoms with E-state index in [9.17, 15) is 0 Å². The molecule has 1 spiro atoms. The maximum Gasteiger partial charge on any atom is 0.119 e. The van der Waals surface area contributed by atoms with Crippen LogP contribution < -0.4 is 4.74 Å². The van der Waals surface area contributed by atoms with E-state index < -0.39 is 0 Å². The number of rotatable bonds is 6. The molecule has 33 heavy (non-hydrogen) atoms. The van der Waals surface area contributed by atoms with E-state index in [0.717, 1.165) is 30.9 Å². The van der Waals surface area contributed by atoms with Gasteiger partial charge in [-0.3, -0.25) is 4.90 Å². The molecule has 3 saturated heterocycles. The first-order valence-electron chi connectivity index (χ1n) is 13.0. The van der Waals surface area contributed by atoms with Crippen molar-refractivity contribution in [1.82, 2.24) is 4.90 Å². The summed E-state index contributed by atoms with van der Waals surface area (Å²) in [6, 6.07) is 17.9. The maximum atomic E-state index is 7.16. The largest absolute Gasteiger partial charge is 0.497 e. The summed E-state index contributed by atoms with van der Waals surface area (Å²) in [5, 5.41) is 0. The van der Waals surface area contributed by atoms with Gasteiger partial charge >= 0.3 is 0 Å². The van der Waals surface area contributed by atoms with E-state index in [1.165, 1.54) is 55.5 Å². The zero-order chi connectivity index (χ0) is 22.0. The van der Waals surface area contributed by atoms with Crippen LogP contribution in [0.3, 0.4) is 0 Å². The van der Waals surface area contributed by atoms with Gasteiger partial charge < -0.3 is 14.2 Å². The van der Waals surface area contributed by atoms with Gasteiger partial charge in [-0.25, -0.2) is 0 Å². The summed E-state index contributed by atoms with van der Waals surface area (Å²) in [6.07, 6.45) is 8.85. The van der Waals surface area contributed by atoms with Crippen molar-refractivity contribution in [3.8, 4) is 5.75 Å². The third-order valence-electron chi connectivity index (χ3n) is 9.41. The summed E-state index contributed by atoms with van der Waals surface area (Å²) in [7, 11) is 1.79. The van der Waals surface area contributed by atoms with Crippen LogP contribution in [0.4, 0.5) is 0 Å². The van der Waals surface area contributed by atoms with Gasteiger partial charge in [0.1, 0.15) is 5.75 Å². The van der Waals surface area contributed by atoms with Crippen LogP contribution >= 0.6 is 0 Å². The smallest absolute Gasteiger partial charge is 0.119 e. The molecule has 0 amide bonds. The molecular weight excluding hydrogens is 410 g/mol. The van der Waals surface area contributed by atoms with E-state index in [1.807, 2.05) is 0 Å². The molecule has 7 rings (SSSR count). The second kappa shape index (κ2) is 7.56. The van der Waals surface area contributed by atoms with Gasteiger partial charge in [-0.05, 0) is 79.8 Å². The van der Waals surface area contributed by atoms with Crippen molar-refractivity contribution in [2.45, 2.75) is 80.8 Å². The van der Waals surface area contributed by atoms with Crippen LogP contribution in [-0.4, -0.2) is 49.0 Å². The van der Waals surface area contributed by atoms with Crippen LogP contribution in [0.1, 0.15) is 55.2 Å². The number of methoxy groups -OCH3 is 1. The minimum atomic E-state index is -0.135. The van der Waals surface area contributed by atoms with Gasteiger partial charge in [0.15, 0.2) is 0 Å². The summed E-state index contributed by atoms with van der Waals surface area (Å²) in [4.78, 5) is 2.83. The molecule has 4 fully saturated rings. The predicted octanol–water partition coefficient (Wildman–Crippen LogP) is 4.88. The molecule has 5 atom stereocenters. The molecule has 2 aromatic carbocycles. The number of nitrogens with zero attached hydrogens (tertiary/aromatic N) is 1. The third kappa shape index (κ3) is 3.07. The highest BCUT2D eigenvalue weighted by Crippen LogP contribution is 2.66. The Kier molecular flexibility index (Phi) is 4.69. The number of hydrogen-bond acceptors (Lipinski definition) is 4. The zero-order valence-electron chi connectivity index (χ0n) is 19.7. The van der Waals surface area contributed by atoms with Crippen molar-refractivity contribution in [3.63, 3.8) is 0 Å². The standard InChI is InChI=1S/C29H35NO3/c1-31-23-11-10-22-14-27-29-17-25(32-19-21-6-3-2-4-7-21)26(33-29)16-28(29,24(22)15-23)12-5-13-30(27)18-20-8-9-20/h2-4,6-7,10-11,15,20,25-27H,5,8-9,12-14,16-19H2,1H3/t25-,26-,27+,28+,29+/m0/s1. The van der Waals surface area contributed by atoms with E-state index >= 15 is 0 Å². The molecule has 0 radical (unpaired) electrons. The Bertz CT molecular complexity index is 1040. The minimum Gasteiger partial charge on any atom is -0.497 e. The third-order valence-corrected chi connectivity index (χ3v) is 9.41. The molecule has 0 unspecified atom stereocenters. The Labute approximate surface area is 197 Å². The molecule has 4 bridgehead atoms. The first kappa shape index (κ1) is 20.5. The lowest BCUT2D eigenvalue weighted by molar-refractivity contribution is -0.0850. The predicted molar refractivity (Wildman–Crippen MR) is 128 cm³/mol. The molecule has 5 aliphatic rings. The van der Waals surface area contributed by atoms with Crippen molar-refractivity contribution in [3.05, 3.63) is 65.2 Å². The SMILES string of the molecule is COc1ccc2c(c1)[C@]13CCCN(CC4CC4)[C@H](C2)[C@]12C[C@H](OCc1ccccc1)[C@H](C3)O2. The van der Waals surface area contributed by atoms with Gasteiger partial charge in [-0.1, -0.05) is 36.4 Å². The van der Waals surface area contributed by atoms with Gasteiger partial charge in [0.2, 0.25) is 0 Å². The molecule has 0 N–H and O–H groups in total. The summed E-state index contributed by atoms with van der Waals surface area (Å²) in [5.41, 5.74) is 4.24. The van der Waals surface area contributed by atoms with Crippen LogP contribution in [-0.2, 0) is 27.9 Å². The number of fused-ring (bicyclic) bond motifs is 2. The van der Waals surface area contributed by atoms with Crippen LogP contribution in [0, 0.1) is 5.92 Å². The van der Waals surface area contributed by atoms with Gasteiger partial charge in [0.05, 0.1) is 31.5 Å². The van der Waals surface area contributed by atoms with Crippen molar-refractivity contribution >= 4 is 0 Å². The summed E-state index contributed by atoms with van der Waals surface area (Å²) in [5.74, 6) is 1.88. The first-order valence-corrected chi connectivity index (χ1v) is 13.0. The summed E-state index contributed by atoms with van der Waals surface area (Å²) < 4.78 is 19.4. The Morgan fingerprint density at radius 2 is 1.97 bits per heavy atom. The van der Waals surface area contributed by atoms with Crippen LogP contribution in [0.25, 0.3) is 0 Å². The lowest BCUT2D eigenvalue weighted by Crippen LogP contribution is -2.64. The Balaban J connectivity index is 1.26.